The molecule has 0 atom stereocenters. The van der Waals surface area contributed by atoms with Gasteiger partial charge in [0.1, 0.15) is 0 Å². The van der Waals surface area contributed by atoms with E-state index in [0.717, 1.165) is 19.1 Å². The molecule has 1 saturated carbocycles. The van der Waals surface area contributed by atoms with Gasteiger partial charge in [-0.2, -0.15) is 0 Å². The Kier molecular flexibility index (Phi) is 2.42. The zero-order valence-corrected chi connectivity index (χ0v) is 7.24. The Morgan fingerprint density at radius 3 is 3.00 bits per heavy atom. The van der Waals surface area contributed by atoms with E-state index in [-0.39, 0.29) is 0 Å². The van der Waals surface area contributed by atoms with E-state index >= 15 is 0 Å². The number of nitrogens with one attached hydrogen (secondary N) is 1. The van der Waals surface area contributed by atoms with E-state index in [2.05, 4.69) is 14.9 Å². The van der Waals surface area contributed by atoms with Crippen molar-refractivity contribution in [2.24, 2.45) is 0 Å². The Morgan fingerprint density at radius 2 is 2.42 bits per heavy atom. The van der Waals surface area contributed by atoms with Gasteiger partial charge >= 0.3 is 0 Å². The average molecular weight is 165 g/mol. The van der Waals surface area contributed by atoms with Crippen molar-refractivity contribution in [2.45, 2.75) is 31.8 Å². The van der Waals surface area contributed by atoms with Crippen molar-refractivity contribution in [3.05, 3.63) is 18.7 Å². The molecule has 66 valence electrons. The maximum Gasteiger partial charge on any atom is 0.0946 e. The largest absolute Gasteiger partial charge is 0.336 e. The van der Waals surface area contributed by atoms with Gasteiger partial charge in [0.05, 0.1) is 6.33 Å². The fourth-order valence-electron chi connectivity index (χ4n) is 1.43. The lowest BCUT2D eigenvalue weighted by atomic mass is 9.93. The summed E-state index contributed by atoms with van der Waals surface area (Å²) < 4.78 is 2.10. The van der Waals surface area contributed by atoms with Gasteiger partial charge in [-0.3, -0.25) is 0 Å². The van der Waals surface area contributed by atoms with Gasteiger partial charge in [-0.1, -0.05) is 6.42 Å². The van der Waals surface area contributed by atoms with Crippen LogP contribution < -0.4 is 5.32 Å². The van der Waals surface area contributed by atoms with Gasteiger partial charge in [0.2, 0.25) is 0 Å². The van der Waals surface area contributed by atoms with E-state index in [1.165, 1.54) is 19.3 Å². The summed E-state index contributed by atoms with van der Waals surface area (Å²) in [7, 11) is 0. The van der Waals surface area contributed by atoms with Crippen molar-refractivity contribution in [3.63, 3.8) is 0 Å². The molecule has 0 aromatic carbocycles. The zero-order chi connectivity index (χ0) is 8.23. The summed E-state index contributed by atoms with van der Waals surface area (Å²) in [4.78, 5) is 3.99. The first-order chi connectivity index (χ1) is 5.95. The third kappa shape index (κ3) is 1.85. The predicted octanol–water partition coefficient (Wildman–Crippen LogP) is 1.03. The second-order valence-corrected chi connectivity index (χ2v) is 3.38. The Bertz CT molecular complexity index is 214. The van der Waals surface area contributed by atoms with E-state index in [0.29, 0.717) is 0 Å². The molecule has 3 nitrogen and oxygen atoms in total. The minimum absolute atomic E-state index is 0.800. The molecule has 1 aromatic rings. The Morgan fingerprint density at radius 1 is 1.50 bits per heavy atom. The lowest BCUT2D eigenvalue weighted by Crippen LogP contribution is -2.36. The lowest BCUT2D eigenvalue weighted by Gasteiger charge is -2.26. The number of nitrogens with zero attached hydrogens (tertiary/aromatic N) is 2. The second kappa shape index (κ2) is 3.72. The van der Waals surface area contributed by atoms with E-state index in [1.807, 2.05) is 18.7 Å². The summed E-state index contributed by atoms with van der Waals surface area (Å²) in [5.41, 5.74) is 0. The average Bonchev–Trinajstić information content (AvgIpc) is 2.46. The number of hydrogen-bond acceptors (Lipinski definition) is 2. The van der Waals surface area contributed by atoms with Crippen molar-refractivity contribution in [1.82, 2.24) is 14.9 Å². The first kappa shape index (κ1) is 7.80. The van der Waals surface area contributed by atoms with Crippen LogP contribution in [0.4, 0.5) is 0 Å². The van der Waals surface area contributed by atoms with Crippen LogP contribution >= 0.6 is 0 Å². The summed E-state index contributed by atoms with van der Waals surface area (Å²) in [6.07, 6.45) is 9.82. The third-order valence-electron chi connectivity index (χ3n) is 2.47. The minimum atomic E-state index is 0.800. The molecule has 0 aliphatic heterocycles. The minimum Gasteiger partial charge on any atom is -0.336 e. The predicted molar refractivity (Wildman–Crippen MR) is 47.9 cm³/mol. The smallest absolute Gasteiger partial charge is 0.0946 e. The van der Waals surface area contributed by atoms with Crippen LogP contribution in [-0.2, 0) is 6.54 Å². The van der Waals surface area contributed by atoms with Crippen molar-refractivity contribution in [2.75, 3.05) is 6.54 Å². The molecule has 1 heterocycles. The first-order valence-corrected chi connectivity index (χ1v) is 4.64. The Balaban J connectivity index is 1.62. The highest BCUT2D eigenvalue weighted by Crippen LogP contribution is 2.17. The molecule has 0 bridgehead atoms. The van der Waals surface area contributed by atoms with Crippen molar-refractivity contribution in [3.8, 4) is 0 Å². The van der Waals surface area contributed by atoms with Crippen molar-refractivity contribution >= 4 is 0 Å². The van der Waals surface area contributed by atoms with Gasteiger partial charge in [0, 0.05) is 31.5 Å². The van der Waals surface area contributed by atoms with Crippen LogP contribution in [0, 0.1) is 0 Å². The summed E-state index contributed by atoms with van der Waals surface area (Å²) in [5.74, 6) is 0. The Labute approximate surface area is 72.8 Å². The molecule has 1 aliphatic rings. The third-order valence-corrected chi connectivity index (χ3v) is 2.47. The van der Waals surface area contributed by atoms with Crippen LogP contribution in [-0.4, -0.2) is 22.1 Å². The number of imidazole rings is 1. The van der Waals surface area contributed by atoms with E-state index in [4.69, 9.17) is 0 Å². The number of hydrogen-bond donors (Lipinski definition) is 1. The van der Waals surface area contributed by atoms with Crippen molar-refractivity contribution < 1.29 is 0 Å². The van der Waals surface area contributed by atoms with Crippen LogP contribution in [0.3, 0.4) is 0 Å². The molecule has 1 aromatic heterocycles. The molecule has 0 amide bonds. The number of aromatic nitrogens is 2. The van der Waals surface area contributed by atoms with Crippen LogP contribution in [0.5, 0.6) is 0 Å². The molecule has 3 heteroatoms. The molecular weight excluding hydrogens is 150 g/mol. The summed E-state index contributed by atoms with van der Waals surface area (Å²) in [6, 6.07) is 0.800. The summed E-state index contributed by atoms with van der Waals surface area (Å²) in [5, 5.41) is 3.51. The van der Waals surface area contributed by atoms with Crippen LogP contribution in [0.1, 0.15) is 19.3 Å². The highest BCUT2D eigenvalue weighted by Gasteiger charge is 2.15. The molecule has 0 unspecified atom stereocenters. The standard InChI is InChI=1S/C9H15N3/c1-2-9(3-1)11-5-7-12-6-4-10-8-12/h4,6,8-9,11H,1-3,5,7H2. The number of rotatable bonds is 4. The molecule has 1 fully saturated rings. The normalized spacial score (nSPS) is 17.7. The zero-order valence-electron chi connectivity index (χ0n) is 7.24. The van der Waals surface area contributed by atoms with Gasteiger partial charge in [-0.15, -0.1) is 0 Å². The molecule has 0 spiro atoms. The molecule has 2 rings (SSSR count). The van der Waals surface area contributed by atoms with E-state index < -0.39 is 0 Å². The maximum absolute atomic E-state index is 3.99. The van der Waals surface area contributed by atoms with Crippen LogP contribution in [0.15, 0.2) is 18.7 Å². The lowest BCUT2D eigenvalue weighted by molar-refractivity contribution is 0.335. The van der Waals surface area contributed by atoms with Gasteiger partial charge in [-0.05, 0) is 12.8 Å². The maximum atomic E-state index is 3.99. The molecule has 1 N–H and O–H groups in total. The summed E-state index contributed by atoms with van der Waals surface area (Å²) >= 11 is 0. The fraction of sp³-hybridized carbons (Fsp3) is 0.667. The highest BCUT2D eigenvalue weighted by molar-refractivity contribution is 4.78. The topological polar surface area (TPSA) is 29.9 Å². The van der Waals surface area contributed by atoms with Crippen LogP contribution in [0.2, 0.25) is 0 Å². The molecule has 0 radical (unpaired) electrons. The molecule has 0 saturated heterocycles. The Hall–Kier alpha value is -0.830. The van der Waals surface area contributed by atoms with E-state index in [1.54, 1.807) is 0 Å². The van der Waals surface area contributed by atoms with Crippen molar-refractivity contribution in [1.29, 1.82) is 0 Å². The van der Waals surface area contributed by atoms with Crippen LogP contribution in [0.25, 0.3) is 0 Å². The van der Waals surface area contributed by atoms with E-state index in [9.17, 15) is 0 Å². The molecule has 12 heavy (non-hydrogen) atoms. The van der Waals surface area contributed by atoms with Gasteiger partial charge in [-0.25, -0.2) is 4.98 Å². The molecule has 1 aliphatic carbocycles. The SMILES string of the molecule is c1cn(CCNC2CCC2)cn1. The highest BCUT2D eigenvalue weighted by atomic mass is 15.0. The summed E-state index contributed by atoms with van der Waals surface area (Å²) in [6.45, 7) is 2.11. The quantitative estimate of drug-likeness (QED) is 0.722. The monoisotopic (exact) mass is 165 g/mol. The van der Waals surface area contributed by atoms with Gasteiger partial charge in [0.25, 0.3) is 0 Å². The fourth-order valence-corrected chi connectivity index (χ4v) is 1.43. The molecular formula is C9H15N3. The van der Waals surface area contributed by atoms with Gasteiger partial charge < -0.3 is 9.88 Å². The first-order valence-electron chi connectivity index (χ1n) is 4.64. The second-order valence-electron chi connectivity index (χ2n) is 3.38. The van der Waals surface area contributed by atoms with Gasteiger partial charge in [0.15, 0.2) is 0 Å².